The van der Waals surface area contributed by atoms with Gasteiger partial charge in [0.1, 0.15) is 0 Å². The molecular formula is C30H29N. The van der Waals surface area contributed by atoms with Crippen LogP contribution in [0.5, 0.6) is 0 Å². The van der Waals surface area contributed by atoms with Crippen LogP contribution in [0.15, 0.2) is 97.1 Å². The van der Waals surface area contributed by atoms with Gasteiger partial charge < -0.3 is 4.90 Å². The van der Waals surface area contributed by atoms with Gasteiger partial charge in [-0.2, -0.15) is 0 Å². The first-order valence-electron chi connectivity index (χ1n) is 11.4. The van der Waals surface area contributed by atoms with Gasteiger partial charge in [-0.1, -0.05) is 98.3 Å². The van der Waals surface area contributed by atoms with E-state index >= 15 is 0 Å². The molecule has 0 atom stereocenters. The maximum Gasteiger partial charge on any atom is 0.0433 e. The molecule has 4 aromatic rings. The molecule has 0 amide bonds. The van der Waals surface area contributed by atoms with Crippen LogP contribution in [0.1, 0.15) is 41.2 Å². The van der Waals surface area contributed by atoms with Gasteiger partial charge in [0, 0.05) is 18.8 Å². The topological polar surface area (TPSA) is 3.24 Å². The minimum Gasteiger partial charge on any atom is -0.363 e. The third-order valence-corrected chi connectivity index (χ3v) is 6.27. The number of nitrogens with zero attached hydrogens (tertiary/aromatic N) is 1. The molecule has 1 heteroatoms. The first-order chi connectivity index (χ1) is 15.3. The molecule has 0 aromatic heterocycles. The van der Waals surface area contributed by atoms with Crippen LogP contribution in [0.4, 0.5) is 5.69 Å². The Bertz CT molecular complexity index is 1120. The molecule has 0 aliphatic heterocycles. The second kappa shape index (κ2) is 8.81. The fourth-order valence-corrected chi connectivity index (χ4v) is 4.74. The zero-order chi connectivity index (χ0) is 21.0. The minimum absolute atomic E-state index is 0.905. The van der Waals surface area contributed by atoms with Crippen LogP contribution in [0.25, 0.3) is 11.1 Å². The summed E-state index contributed by atoms with van der Waals surface area (Å²) in [5, 5.41) is 0. The third kappa shape index (κ3) is 4.27. The number of benzene rings is 4. The number of rotatable bonds is 7. The molecule has 0 spiro atoms. The lowest BCUT2D eigenvalue weighted by atomic mass is 10.0. The fraction of sp³-hybridized carbons (Fsp3) is 0.200. The van der Waals surface area contributed by atoms with Gasteiger partial charge in [-0.05, 0) is 63.9 Å². The summed E-state index contributed by atoms with van der Waals surface area (Å²) < 4.78 is 0. The van der Waals surface area contributed by atoms with Gasteiger partial charge in [0.05, 0.1) is 0 Å². The molecule has 0 radical (unpaired) electrons. The summed E-state index contributed by atoms with van der Waals surface area (Å²) in [4.78, 5) is 2.50. The number of hydrogen-bond acceptors (Lipinski definition) is 1. The van der Waals surface area contributed by atoms with E-state index in [2.05, 4.69) is 109 Å². The Hall–Kier alpha value is -3.32. The maximum atomic E-state index is 2.50. The van der Waals surface area contributed by atoms with Crippen molar-refractivity contribution >= 4 is 5.69 Å². The van der Waals surface area contributed by atoms with Gasteiger partial charge in [0.25, 0.3) is 0 Å². The third-order valence-electron chi connectivity index (χ3n) is 6.27. The van der Waals surface area contributed by atoms with Gasteiger partial charge in [0.2, 0.25) is 0 Å². The van der Waals surface area contributed by atoms with E-state index in [4.69, 9.17) is 0 Å². The van der Waals surface area contributed by atoms with E-state index in [0.29, 0.717) is 0 Å². The van der Waals surface area contributed by atoms with Gasteiger partial charge >= 0.3 is 0 Å². The van der Waals surface area contributed by atoms with Crippen molar-refractivity contribution in [3.63, 3.8) is 0 Å². The zero-order valence-electron chi connectivity index (χ0n) is 18.2. The lowest BCUT2D eigenvalue weighted by Gasteiger charge is -2.26. The van der Waals surface area contributed by atoms with E-state index < -0.39 is 0 Å². The fourth-order valence-electron chi connectivity index (χ4n) is 4.74. The highest BCUT2D eigenvalue weighted by Crippen LogP contribution is 2.39. The lowest BCUT2D eigenvalue weighted by Crippen LogP contribution is -2.22. The molecule has 0 unspecified atom stereocenters. The van der Waals surface area contributed by atoms with Crippen molar-refractivity contribution in [2.75, 3.05) is 4.90 Å². The van der Waals surface area contributed by atoms with Crippen LogP contribution < -0.4 is 4.90 Å². The van der Waals surface area contributed by atoms with Gasteiger partial charge in [-0.25, -0.2) is 0 Å². The molecule has 0 N–H and O–H groups in total. The van der Waals surface area contributed by atoms with Crippen molar-refractivity contribution in [2.45, 2.75) is 39.3 Å². The van der Waals surface area contributed by atoms with Gasteiger partial charge in [-0.3, -0.25) is 0 Å². The molecule has 1 aliphatic rings. The van der Waals surface area contributed by atoms with E-state index in [1.54, 1.807) is 0 Å². The Morgan fingerprint density at radius 2 is 1.19 bits per heavy atom. The highest BCUT2D eigenvalue weighted by molar-refractivity contribution is 5.79. The quantitative estimate of drug-likeness (QED) is 0.273. The summed E-state index contributed by atoms with van der Waals surface area (Å²) in [6.07, 6.45) is 3.40. The summed E-state index contributed by atoms with van der Waals surface area (Å²) in [5.41, 5.74) is 11.2. The molecule has 0 heterocycles. The van der Waals surface area contributed by atoms with Crippen LogP contribution >= 0.6 is 0 Å². The van der Waals surface area contributed by atoms with Crippen LogP contribution in [0.3, 0.4) is 0 Å². The average molecular weight is 404 g/mol. The first kappa shape index (κ1) is 19.6. The average Bonchev–Trinajstić information content (AvgIpc) is 3.17. The number of fused-ring (bicyclic) bond motifs is 3. The Morgan fingerprint density at radius 1 is 0.613 bits per heavy atom. The maximum absolute atomic E-state index is 2.50. The van der Waals surface area contributed by atoms with E-state index in [9.17, 15) is 0 Å². The van der Waals surface area contributed by atoms with Crippen molar-refractivity contribution in [3.8, 4) is 11.1 Å². The summed E-state index contributed by atoms with van der Waals surface area (Å²) in [6, 6.07) is 35.7. The molecule has 0 saturated heterocycles. The van der Waals surface area contributed by atoms with Gasteiger partial charge in [-0.15, -0.1) is 0 Å². The number of aryl methyl sites for hydroxylation is 1. The zero-order valence-corrected chi connectivity index (χ0v) is 18.2. The predicted molar refractivity (Wildman–Crippen MR) is 131 cm³/mol. The lowest BCUT2D eigenvalue weighted by molar-refractivity contribution is 0.799. The van der Waals surface area contributed by atoms with Gasteiger partial charge in [0.15, 0.2) is 0 Å². The summed E-state index contributed by atoms with van der Waals surface area (Å²) in [7, 11) is 0. The SMILES string of the molecule is CCCc1ccc2c(c1)Cc1cc(N(Cc3ccccc3)Cc3ccccc3)ccc1-2. The second-order valence-electron chi connectivity index (χ2n) is 8.59. The predicted octanol–water partition coefficient (Wildman–Crippen LogP) is 7.42. The van der Waals surface area contributed by atoms with Crippen LogP contribution in [-0.2, 0) is 25.9 Å². The summed E-state index contributed by atoms with van der Waals surface area (Å²) >= 11 is 0. The molecule has 0 bridgehead atoms. The Kier molecular flexibility index (Phi) is 5.58. The smallest absolute Gasteiger partial charge is 0.0433 e. The highest BCUT2D eigenvalue weighted by atomic mass is 15.1. The van der Waals surface area contributed by atoms with Crippen LogP contribution in [0.2, 0.25) is 0 Å². The van der Waals surface area contributed by atoms with Crippen LogP contribution in [0, 0.1) is 0 Å². The molecule has 4 aromatic carbocycles. The van der Waals surface area contributed by atoms with E-state index in [1.165, 1.54) is 51.1 Å². The van der Waals surface area contributed by atoms with Crippen molar-refractivity contribution in [1.82, 2.24) is 0 Å². The Labute approximate surface area is 186 Å². The molecule has 1 aliphatic carbocycles. The first-order valence-corrected chi connectivity index (χ1v) is 11.4. The summed E-state index contributed by atoms with van der Waals surface area (Å²) in [6.45, 7) is 4.06. The molecule has 1 nitrogen and oxygen atoms in total. The molecule has 0 saturated carbocycles. The van der Waals surface area contributed by atoms with Crippen molar-refractivity contribution in [3.05, 3.63) is 125 Å². The standard InChI is InChI=1S/C30H29N/c1-2-9-23-14-16-29-26(18-23)19-27-20-28(15-17-30(27)29)31(21-24-10-5-3-6-11-24)22-25-12-7-4-8-13-25/h3-8,10-18,20H,2,9,19,21-22H2,1H3. The van der Waals surface area contributed by atoms with Crippen LogP contribution in [-0.4, -0.2) is 0 Å². The Morgan fingerprint density at radius 3 is 1.81 bits per heavy atom. The van der Waals surface area contributed by atoms with Crippen molar-refractivity contribution < 1.29 is 0 Å². The molecular weight excluding hydrogens is 374 g/mol. The van der Waals surface area contributed by atoms with Crippen molar-refractivity contribution in [2.24, 2.45) is 0 Å². The van der Waals surface area contributed by atoms with E-state index in [-0.39, 0.29) is 0 Å². The largest absolute Gasteiger partial charge is 0.363 e. The normalized spacial score (nSPS) is 11.8. The van der Waals surface area contributed by atoms with E-state index in [0.717, 1.165) is 25.9 Å². The van der Waals surface area contributed by atoms with E-state index in [1.807, 2.05) is 0 Å². The minimum atomic E-state index is 0.905. The molecule has 0 fully saturated rings. The Balaban J connectivity index is 1.46. The number of anilines is 1. The molecule has 154 valence electrons. The van der Waals surface area contributed by atoms with Crippen molar-refractivity contribution in [1.29, 1.82) is 0 Å². The second-order valence-corrected chi connectivity index (χ2v) is 8.59. The highest BCUT2D eigenvalue weighted by Gasteiger charge is 2.20. The molecule has 5 rings (SSSR count). The molecule has 31 heavy (non-hydrogen) atoms. The monoisotopic (exact) mass is 403 g/mol. The number of hydrogen-bond donors (Lipinski definition) is 0. The summed E-state index contributed by atoms with van der Waals surface area (Å²) in [5.74, 6) is 0.